The molecule has 0 aliphatic heterocycles. The third-order valence-corrected chi connectivity index (χ3v) is 3.94. The summed E-state index contributed by atoms with van der Waals surface area (Å²) in [5.74, 6) is -0.527. The van der Waals surface area contributed by atoms with Crippen LogP contribution in [0, 0.1) is 0 Å². The van der Waals surface area contributed by atoms with Gasteiger partial charge in [-0.2, -0.15) is 0 Å². The first kappa shape index (κ1) is 14.2. The van der Waals surface area contributed by atoms with E-state index >= 15 is 0 Å². The highest BCUT2D eigenvalue weighted by Crippen LogP contribution is 2.40. The molecular formula is C13H11Cl2N3O3. The van der Waals surface area contributed by atoms with Gasteiger partial charge < -0.3 is 15.4 Å². The highest BCUT2D eigenvalue weighted by molar-refractivity contribution is 6.43. The molecule has 1 aromatic heterocycles. The molecule has 0 atom stereocenters. The van der Waals surface area contributed by atoms with Gasteiger partial charge in [-0.3, -0.25) is 9.59 Å². The van der Waals surface area contributed by atoms with Gasteiger partial charge in [0.2, 0.25) is 0 Å². The molecular weight excluding hydrogens is 317 g/mol. The number of fused-ring (bicyclic) bond motifs is 1. The van der Waals surface area contributed by atoms with Crippen LogP contribution in [0.25, 0.3) is 11.0 Å². The van der Waals surface area contributed by atoms with Crippen LogP contribution >= 0.6 is 23.2 Å². The standard InChI is InChI=1S/C13H11Cl2N3O3/c14-6-3-7-11(18-12(17-7)5-1-2-5)10(15)9(6)13(21)16-4-8(19)20/h3,5H,1-2,4H2,(H,16,21)(H,17,18)(H,19,20). The highest BCUT2D eigenvalue weighted by Gasteiger charge is 2.28. The zero-order valence-electron chi connectivity index (χ0n) is 10.7. The molecule has 0 radical (unpaired) electrons. The Morgan fingerprint density at radius 1 is 1.43 bits per heavy atom. The maximum Gasteiger partial charge on any atom is 0.322 e. The Bertz CT molecular complexity index is 753. The number of hydrogen-bond acceptors (Lipinski definition) is 3. The normalized spacial score (nSPS) is 14.4. The van der Waals surface area contributed by atoms with Crippen LogP contribution in [-0.2, 0) is 4.79 Å². The van der Waals surface area contributed by atoms with Crippen LogP contribution < -0.4 is 5.32 Å². The molecule has 3 rings (SSSR count). The van der Waals surface area contributed by atoms with E-state index in [2.05, 4.69) is 15.3 Å². The number of nitrogens with one attached hydrogen (secondary N) is 2. The Morgan fingerprint density at radius 3 is 2.76 bits per heavy atom. The summed E-state index contributed by atoms with van der Waals surface area (Å²) in [7, 11) is 0. The van der Waals surface area contributed by atoms with Crippen molar-refractivity contribution in [2.75, 3.05) is 6.54 Å². The van der Waals surface area contributed by atoms with Gasteiger partial charge in [-0.1, -0.05) is 23.2 Å². The quantitative estimate of drug-likeness (QED) is 0.804. The van der Waals surface area contributed by atoms with Crippen molar-refractivity contribution in [1.29, 1.82) is 0 Å². The number of H-pyrrole nitrogens is 1. The lowest BCUT2D eigenvalue weighted by molar-refractivity contribution is -0.135. The third-order valence-electron chi connectivity index (χ3n) is 3.28. The van der Waals surface area contributed by atoms with Crippen LogP contribution in [0.3, 0.4) is 0 Å². The van der Waals surface area contributed by atoms with Crippen molar-refractivity contribution < 1.29 is 14.7 Å². The second kappa shape index (κ2) is 5.20. The molecule has 21 heavy (non-hydrogen) atoms. The average Bonchev–Trinajstić information content (AvgIpc) is 3.17. The van der Waals surface area contributed by atoms with Crippen molar-refractivity contribution in [2.24, 2.45) is 0 Å². The predicted molar refractivity (Wildman–Crippen MR) is 78.1 cm³/mol. The molecule has 8 heteroatoms. The summed E-state index contributed by atoms with van der Waals surface area (Å²) in [5.41, 5.74) is 1.19. The molecule has 110 valence electrons. The second-order valence-electron chi connectivity index (χ2n) is 4.92. The Kier molecular flexibility index (Phi) is 3.51. The van der Waals surface area contributed by atoms with E-state index in [1.165, 1.54) is 0 Å². The first-order valence-corrected chi connectivity index (χ1v) is 7.10. The van der Waals surface area contributed by atoms with E-state index in [9.17, 15) is 9.59 Å². The fourth-order valence-corrected chi connectivity index (χ4v) is 2.77. The van der Waals surface area contributed by atoms with E-state index in [0.29, 0.717) is 17.0 Å². The van der Waals surface area contributed by atoms with Gasteiger partial charge in [-0.25, -0.2) is 4.98 Å². The number of benzene rings is 1. The van der Waals surface area contributed by atoms with E-state index in [-0.39, 0.29) is 15.6 Å². The van der Waals surface area contributed by atoms with Crippen LogP contribution in [0.1, 0.15) is 34.9 Å². The molecule has 1 heterocycles. The Balaban J connectivity index is 2.01. The van der Waals surface area contributed by atoms with E-state index in [1.54, 1.807) is 6.07 Å². The maximum atomic E-state index is 12.0. The fourth-order valence-electron chi connectivity index (χ4n) is 2.10. The molecule has 0 bridgehead atoms. The van der Waals surface area contributed by atoms with Crippen LogP contribution in [0.4, 0.5) is 0 Å². The third kappa shape index (κ3) is 2.69. The molecule has 2 aromatic rings. The number of halogens is 2. The Labute approximate surface area is 129 Å². The van der Waals surface area contributed by atoms with E-state index in [0.717, 1.165) is 18.7 Å². The van der Waals surface area contributed by atoms with Crippen LogP contribution in [0.5, 0.6) is 0 Å². The lowest BCUT2D eigenvalue weighted by Gasteiger charge is -2.07. The number of carbonyl (C=O) groups excluding carboxylic acids is 1. The number of carboxylic acids is 1. The highest BCUT2D eigenvalue weighted by atomic mass is 35.5. The van der Waals surface area contributed by atoms with Crippen LogP contribution in [0.15, 0.2) is 6.07 Å². The summed E-state index contributed by atoms with van der Waals surface area (Å²) in [5, 5.41) is 11.1. The topological polar surface area (TPSA) is 95.1 Å². The Morgan fingerprint density at radius 2 is 2.14 bits per heavy atom. The minimum Gasteiger partial charge on any atom is -0.480 e. The minimum absolute atomic E-state index is 0.0425. The SMILES string of the molecule is O=C(O)CNC(=O)c1c(Cl)cc2[nH]c(C3CC3)nc2c1Cl. The number of carbonyl (C=O) groups is 2. The van der Waals surface area contributed by atoms with Crippen molar-refractivity contribution in [1.82, 2.24) is 15.3 Å². The lowest BCUT2D eigenvalue weighted by atomic mass is 10.2. The summed E-state index contributed by atoms with van der Waals surface area (Å²) in [4.78, 5) is 30.1. The first-order valence-electron chi connectivity index (χ1n) is 6.35. The maximum absolute atomic E-state index is 12.0. The van der Waals surface area contributed by atoms with Crippen molar-refractivity contribution in [3.63, 3.8) is 0 Å². The minimum atomic E-state index is -1.15. The average molecular weight is 328 g/mol. The molecule has 6 nitrogen and oxygen atoms in total. The van der Waals surface area contributed by atoms with Crippen molar-refractivity contribution in [3.05, 3.63) is 27.5 Å². The number of aliphatic carboxylic acids is 1. The number of aromatic nitrogens is 2. The molecule has 1 aromatic carbocycles. The van der Waals surface area contributed by atoms with Gasteiger partial charge in [0.05, 0.1) is 21.1 Å². The summed E-state index contributed by atoms with van der Waals surface area (Å²) in [6.07, 6.45) is 2.16. The van der Waals surface area contributed by atoms with E-state index in [4.69, 9.17) is 28.3 Å². The predicted octanol–water partition coefficient (Wildman–Crippen LogP) is 2.56. The Hall–Kier alpha value is -1.79. The van der Waals surface area contributed by atoms with Gasteiger partial charge in [-0.15, -0.1) is 0 Å². The summed E-state index contributed by atoms with van der Waals surface area (Å²) < 4.78 is 0. The molecule has 3 N–H and O–H groups in total. The molecule has 0 saturated heterocycles. The van der Waals surface area contributed by atoms with E-state index in [1.807, 2.05) is 0 Å². The van der Waals surface area contributed by atoms with E-state index < -0.39 is 18.4 Å². The summed E-state index contributed by atoms with van der Waals surface area (Å²) in [6, 6.07) is 1.58. The summed E-state index contributed by atoms with van der Waals surface area (Å²) >= 11 is 12.3. The van der Waals surface area contributed by atoms with Gasteiger partial charge >= 0.3 is 5.97 Å². The van der Waals surface area contributed by atoms with Crippen molar-refractivity contribution in [2.45, 2.75) is 18.8 Å². The molecule has 1 aliphatic rings. The number of nitrogens with zero attached hydrogens (tertiary/aromatic N) is 1. The van der Waals surface area contributed by atoms with Gasteiger partial charge in [0.25, 0.3) is 5.91 Å². The molecule has 1 aliphatic carbocycles. The number of carboxylic acid groups (broad SMARTS) is 1. The van der Waals surface area contributed by atoms with Crippen molar-refractivity contribution >= 4 is 46.1 Å². The number of rotatable bonds is 4. The smallest absolute Gasteiger partial charge is 0.322 e. The van der Waals surface area contributed by atoms with Crippen molar-refractivity contribution in [3.8, 4) is 0 Å². The van der Waals surface area contributed by atoms with Gasteiger partial charge in [0.15, 0.2) is 0 Å². The van der Waals surface area contributed by atoms with Gasteiger partial charge in [-0.05, 0) is 18.9 Å². The zero-order valence-corrected chi connectivity index (χ0v) is 12.3. The molecule has 1 amide bonds. The fraction of sp³-hybridized carbons (Fsp3) is 0.308. The van der Waals surface area contributed by atoms with Crippen LogP contribution in [0.2, 0.25) is 10.0 Å². The number of amides is 1. The first-order chi connectivity index (χ1) is 9.97. The monoisotopic (exact) mass is 327 g/mol. The number of hydrogen-bond donors (Lipinski definition) is 3. The second-order valence-corrected chi connectivity index (χ2v) is 5.70. The zero-order chi connectivity index (χ0) is 15.1. The van der Waals surface area contributed by atoms with Crippen LogP contribution in [-0.4, -0.2) is 33.5 Å². The lowest BCUT2D eigenvalue weighted by Crippen LogP contribution is -2.29. The molecule has 0 spiro atoms. The summed E-state index contributed by atoms with van der Waals surface area (Å²) in [6.45, 7) is -0.503. The van der Waals surface area contributed by atoms with Gasteiger partial charge in [0, 0.05) is 5.92 Å². The number of aromatic amines is 1. The molecule has 1 saturated carbocycles. The van der Waals surface area contributed by atoms with Gasteiger partial charge in [0.1, 0.15) is 17.9 Å². The largest absolute Gasteiger partial charge is 0.480 e. The molecule has 0 unspecified atom stereocenters. The number of imidazole rings is 1. The molecule has 1 fully saturated rings.